The maximum Gasteiger partial charge on any atom is 0.277 e. The Morgan fingerprint density at radius 1 is 1.06 bits per heavy atom. The molecule has 0 aliphatic rings. The molecule has 0 fully saturated rings. The average Bonchev–Trinajstić information content (AvgIpc) is 3.28. The molecule has 3 aromatic carbocycles. The molecule has 1 N–H and O–H groups in total. The predicted molar refractivity (Wildman–Crippen MR) is 135 cm³/mol. The Labute approximate surface area is 199 Å². The van der Waals surface area contributed by atoms with Crippen molar-refractivity contribution in [1.82, 2.24) is 15.2 Å². The lowest BCUT2D eigenvalue weighted by Crippen LogP contribution is -2.24. The Kier molecular flexibility index (Phi) is 7.18. The van der Waals surface area contributed by atoms with Crippen molar-refractivity contribution in [3.8, 4) is 22.7 Å². The second-order valence-corrected chi connectivity index (χ2v) is 8.39. The molecule has 6 nitrogen and oxygen atoms in total. The van der Waals surface area contributed by atoms with E-state index in [1.54, 1.807) is 6.21 Å². The number of carbonyl (C=O) groups excluding carboxylic acids is 1. The van der Waals surface area contributed by atoms with Gasteiger partial charge in [0.05, 0.1) is 11.9 Å². The number of benzene rings is 3. The van der Waals surface area contributed by atoms with E-state index in [1.165, 1.54) is 5.56 Å². The molecule has 6 heteroatoms. The third-order valence-electron chi connectivity index (χ3n) is 5.36. The molecule has 1 heterocycles. The molecule has 4 aromatic rings. The number of nitrogens with one attached hydrogen (secondary N) is 1. The first-order chi connectivity index (χ1) is 16.5. The molecule has 4 rings (SSSR count). The first kappa shape index (κ1) is 23.0. The van der Waals surface area contributed by atoms with E-state index >= 15 is 0 Å². The van der Waals surface area contributed by atoms with Gasteiger partial charge in [0.15, 0.2) is 6.61 Å². The summed E-state index contributed by atoms with van der Waals surface area (Å²) >= 11 is 0. The van der Waals surface area contributed by atoms with Gasteiger partial charge >= 0.3 is 0 Å². The molecular formula is C28H28N4O2. The summed E-state index contributed by atoms with van der Waals surface area (Å²) in [6, 6.07) is 25.8. The molecule has 0 spiro atoms. The molecule has 0 saturated carbocycles. The zero-order chi connectivity index (χ0) is 23.9. The van der Waals surface area contributed by atoms with E-state index in [1.807, 2.05) is 90.6 Å². The Morgan fingerprint density at radius 3 is 2.53 bits per heavy atom. The zero-order valence-corrected chi connectivity index (χ0v) is 19.6. The summed E-state index contributed by atoms with van der Waals surface area (Å²) in [7, 11) is 0. The largest absolute Gasteiger partial charge is 0.484 e. The van der Waals surface area contributed by atoms with Gasteiger partial charge < -0.3 is 4.74 Å². The molecule has 0 bridgehead atoms. The van der Waals surface area contributed by atoms with Crippen LogP contribution in [0.2, 0.25) is 0 Å². The van der Waals surface area contributed by atoms with Gasteiger partial charge in [0.25, 0.3) is 5.91 Å². The van der Waals surface area contributed by atoms with Crippen molar-refractivity contribution < 1.29 is 9.53 Å². The quantitative estimate of drug-likeness (QED) is 0.283. The topological polar surface area (TPSA) is 68.5 Å². The van der Waals surface area contributed by atoms with E-state index in [-0.39, 0.29) is 12.5 Å². The van der Waals surface area contributed by atoms with Gasteiger partial charge in [-0.2, -0.15) is 10.2 Å². The molecule has 0 saturated heterocycles. The van der Waals surface area contributed by atoms with Crippen molar-refractivity contribution in [1.29, 1.82) is 0 Å². The fourth-order valence-electron chi connectivity index (χ4n) is 3.52. The number of nitrogens with zero attached hydrogens (tertiary/aromatic N) is 3. The van der Waals surface area contributed by atoms with Crippen LogP contribution in [-0.2, 0) is 4.79 Å². The van der Waals surface area contributed by atoms with Crippen LogP contribution in [0, 0.1) is 6.92 Å². The lowest BCUT2D eigenvalue weighted by Gasteiger charge is -2.08. The van der Waals surface area contributed by atoms with E-state index in [0.29, 0.717) is 11.7 Å². The number of aryl methyl sites for hydroxylation is 1. The van der Waals surface area contributed by atoms with Crippen LogP contribution in [0.3, 0.4) is 0 Å². The Morgan fingerprint density at radius 2 is 1.82 bits per heavy atom. The van der Waals surface area contributed by atoms with Crippen molar-refractivity contribution in [2.45, 2.75) is 26.7 Å². The van der Waals surface area contributed by atoms with E-state index in [9.17, 15) is 4.79 Å². The zero-order valence-electron chi connectivity index (χ0n) is 19.6. The smallest absolute Gasteiger partial charge is 0.277 e. The number of rotatable bonds is 8. The van der Waals surface area contributed by atoms with Gasteiger partial charge in [-0.3, -0.25) is 4.79 Å². The normalized spacial score (nSPS) is 11.2. The molecule has 0 radical (unpaired) electrons. The maximum atomic E-state index is 12.2. The van der Waals surface area contributed by atoms with Gasteiger partial charge in [0.2, 0.25) is 0 Å². The van der Waals surface area contributed by atoms with Crippen LogP contribution in [-0.4, -0.2) is 28.5 Å². The Balaban J connectivity index is 1.46. The highest BCUT2D eigenvalue weighted by molar-refractivity contribution is 5.89. The standard InChI is InChI=1S/C28H28N4O2/c1-20(2)22-12-14-26(15-13-22)34-19-27(33)30-29-17-24-18-32(25-10-5-4-6-11-25)31-28(24)23-9-7-8-21(3)16-23/h4-18,20H,19H2,1-3H3,(H,30,33)/b29-17+. The average molecular weight is 453 g/mol. The fourth-order valence-corrected chi connectivity index (χ4v) is 3.52. The van der Waals surface area contributed by atoms with Crippen LogP contribution >= 0.6 is 0 Å². The van der Waals surface area contributed by atoms with E-state index < -0.39 is 0 Å². The van der Waals surface area contributed by atoms with E-state index in [4.69, 9.17) is 9.84 Å². The number of amides is 1. The first-order valence-corrected chi connectivity index (χ1v) is 11.3. The summed E-state index contributed by atoms with van der Waals surface area (Å²) in [5, 5.41) is 8.92. The van der Waals surface area contributed by atoms with Crippen LogP contribution in [0.5, 0.6) is 5.75 Å². The van der Waals surface area contributed by atoms with Crippen molar-refractivity contribution in [3.05, 3.63) is 102 Å². The third kappa shape index (κ3) is 5.78. The highest BCUT2D eigenvalue weighted by atomic mass is 16.5. The SMILES string of the molecule is Cc1cccc(-c2nn(-c3ccccc3)cc2/C=N/NC(=O)COc2ccc(C(C)C)cc2)c1. The van der Waals surface area contributed by atoms with E-state index in [2.05, 4.69) is 30.4 Å². The second kappa shape index (κ2) is 10.6. The minimum absolute atomic E-state index is 0.119. The van der Waals surface area contributed by atoms with Gasteiger partial charge in [-0.1, -0.05) is 67.9 Å². The van der Waals surface area contributed by atoms with Crippen LogP contribution in [0.4, 0.5) is 0 Å². The number of aromatic nitrogens is 2. The van der Waals surface area contributed by atoms with E-state index in [0.717, 1.165) is 28.1 Å². The van der Waals surface area contributed by atoms with Gasteiger partial charge in [-0.15, -0.1) is 0 Å². The summed E-state index contributed by atoms with van der Waals surface area (Å²) < 4.78 is 7.38. The minimum Gasteiger partial charge on any atom is -0.484 e. The molecule has 172 valence electrons. The lowest BCUT2D eigenvalue weighted by atomic mass is 10.0. The van der Waals surface area contributed by atoms with Crippen molar-refractivity contribution in [2.75, 3.05) is 6.61 Å². The first-order valence-electron chi connectivity index (χ1n) is 11.3. The highest BCUT2D eigenvalue weighted by Gasteiger charge is 2.12. The third-order valence-corrected chi connectivity index (χ3v) is 5.36. The molecule has 34 heavy (non-hydrogen) atoms. The number of hydrogen-bond donors (Lipinski definition) is 1. The van der Waals surface area contributed by atoms with Crippen LogP contribution in [0.1, 0.15) is 36.5 Å². The van der Waals surface area contributed by atoms with Crippen molar-refractivity contribution >= 4 is 12.1 Å². The Hall–Kier alpha value is -4.19. The fraction of sp³-hybridized carbons (Fsp3) is 0.179. The van der Waals surface area contributed by atoms with Crippen molar-refractivity contribution in [2.24, 2.45) is 5.10 Å². The molecule has 1 amide bonds. The number of para-hydroxylation sites is 1. The van der Waals surface area contributed by atoms with Crippen molar-refractivity contribution in [3.63, 3.8) is 0 Å². The summed E-state index contributed by atoms with van der Waals surface area (Å²) in [5.41, 5.74) is 8.40. The number of hydrogen-bond acceptors (Lipinski definition) is 4. The number of hydrazone groups is 1. The maximum absolute atomic E-state index is 12.2. The summed E-state index contributed by atoms with van der Waals surface area (Å²) in [5.74, 6) is 0.758. The van der Waals surface area contributed by atoms with Gasteiger partial charge in [0, 0.05) is 17.3 Å². The molecule has 1 aromatic heterocycles. The Bertz CT molecular complexity index is 1280. The van der Waals surface area contributed by atoms with Crippen LogP contribution in [0.15, 0.2) is 90.2 Å². The molecule has 0 aliphatic heterocycles. The lowest BCUT2D eigenvalue weighted by molar-refractivity contribution is -0.123. The highest BCUT2D eigenvalue weighted by Crippen LogP contribution is 2.23. The van der Waals surface area contributed by atoms with Crippen LogP contribution < -0.4 is 10.2 Å². The number of carbonyl (C=O) groups is 1. The second-order valence-electron chi connectivity index (χ2n) is 8.39. The monoisotopic (exact) mass is 452 g/mol. The summed E-state index contributed by atoms with van der Waals surface area (Å²) in [6.45, 7) is 6.19. The van der Waals surface area contributed by atoms with Gasteiger partial charge in [-0.25, -0.2) is 10.1 Å². The molecular weight excluding hydrogens is 424 g/mol. The van der Waals surface area contributed by atoms with Crippen LogP contribution in [0.25, 0.3) is 16.9 Å². The minimum atomic E-state index is -0.336. The molecule has 0 atom stereocenters. The summed E-state index contributed by atoms with van der Waals surface area (Å²) in [6.07, 6.45) is 3.51. The summed E-state index contributed by atoms with van der Waals surface area (Å²) in [4.78, 5) is 12.2. The molecule has 0 unspecified atom stereocenters. The van der Waals surface area contributed by atoms with Gasteiger partial charge in [0.1, 0.15) is 11.4 Å². The number of ether oxygens (including phenoxy) is 1. The predicted octanol–water partition coefficient (Wildman–Crippen LogP) is 5.50. The molecule has 0 aliphatic carbocycles. The van der Waals surface area contributed by atoms with Gasteiger partial charge in [-0.05, 0) is 48.7 Å².